The minimum atomic E-state index is -1.00. The van der Waals surface area contributed by atoms with Crippen molar-refractivity contribution in [2.75, 3.05) is 11.9 Å². The Kier molecular flexibility index (Phi) is 9.50. The predicted octanol–water partition coefficient (Wildman–Crippen LogP) is 6.80. The van der Waals surface area contributed by atoms with Crippen LogP contribution in [0.3, 0.4) is 0 Å². The minimum Gasteiger partial charge on any atom is -0.493 e. The molecule has 6 nitrogen and oxygen atoms in total. The molecule has 0 unspecified atom stereocenters. The summed E-state index contributed by atoms with van der Waals surface area (Å²) in [7, 11) is 0. The Bertz CT molecular complexity index is 1230. The van der Waals surface area contributed by atoms with Gasteiger partial charge in [-0.2, -0.15) is 0 Å². The molecule has 37 heavy (non-hydrogen) atoms. The van der Waals surface area contributed by atoms with Gasteiger partial charge in [0.2, 0.25) is 5.91 Å². The number of nitrogens with one attached hydrogen (secondary N) is 1. The first-order valence-corrected chi connectivity index (χ1v) is 12.4. The first-order chi connectivity index (χ1) is 17.6. The molecular weight excluding hydrogens is 466 g/mol. The minimum absolute atomic E-state index is 0.0757. The fourth-order valence-corrected chi connectivity index (χ4v) is 3.76. The predicted molar refractivity (Wildman–Crippen MR) is 147 cm³/mol. The molecule has 3 aromatic carbocycles. The highest BCUT2D eigenvalue weighted by Crippen LogP contribution is 2.30. The van der Waals surface area contributed by atoms with Gasteiger partial charge in [0, 0.05) is 17.2 Å². The van der Waals surface area contributed by atoms with Crippen LogP contribution >= 0.6 is 0 Å². The highest BCUT2D eigenvalue weighted by Gasteiger charge is 2.27. The van der Waals surface area contributed by atoms with Gasteiger partial charge in [0.1, 0.15) is 18.1 Å². The molecule has 0 spiro atoms. The average molecular weight is 502 g/mol. The number of benzene rings is 3. The standard InChI is InChI=1S/C31H35NO5/c1-22-20-28(37-21-25-9-6-5-7-10-25)23(2)19-27(22)36-18-8-17-31(3,4)30(35)32-26-14-11-24(12-15-26)13-16-29(33)34/h5-7,9-16,19-20H,8,17-18,21H2,1-4H3,(H,32,35)(H,33,34)/b16-13+. The fourth-order valence-electron chi connectivity index (χ4n) is 3.76. The molecule has 0 saturated carbocycles. The van der Waals surface area contributed by atoms with Crippen molar-refractivity contribution in [1.82, 2.24) is 0 Å². The summed E-state index contributed by atoms with van der Waals surface area (Å²) >= 11 is 0. The van der Waals surface area contributed by atoms with Crippen LogP contribution in [0, 0.1) is 19.3 Å². The van der Waals surface area contributed by atoms with Gasteiger partial charge in [-0.25, -0.2) is 4.79 Å². The number of anilines is 1. The van der Waals surface area contributed by atoms with Crippen molar-refractivity contribution in [3.63, 3.8) is 0 Å². The normalized spacial score (nSPS) is 11.4. The summed E-state index contributed by atoms with van der Waals surface area (Å²) in [4.78, 5) is 23.5. The molecule has 3 aromatic rings. The van der Waals surface area contributed by atoms with Gasteiger partial charge >= 0.3 is 5.97 Å². The lowest BCUT2D eigenvalue weighted by Gasteiger charge is -2.24. The molecule has 3 rings (SSSR count). The van der Waals surface area contributed by atoms with Crippen LogP contribution in [-0.4, -0.2) is 23.6 Å². The van der Waals surface area contributed by atoms with Gasteiger partial charge in [-0.3, -0.25) is 4.79 Å². The molecule has 2 N–H and O–H groups in total. The zero-order valence-electron chi connectivity index (χ0n) is 21.9. The quantitative estimate of drug-likeness (QED) is 0.210. The summed E-state index contributed by atoms with van der Waals surface area (Å²) < 4.78 is 12.1. The van der Waals surface area contributed by atoms with Crippen LogP contribution in [0.2, 0.25) is 0 Å². The number of ether oxygens (including phenoxy) is 2. The van der Waals surface area contributed by atoms with Crippen molar-refractivity contribution < 1.29 is 24.2 Å². The zero-order chi connectivity index (χ0) is 26.8. The number of carbonyl (C=O) groups is 2. The number of aryl methyl sites for hydroxylation is 2. The molecule has 0 fully saturated rings. The molecule has 0 aliphatic heterocycles. The van der Waals surface area contributed by atoms with E-state index in [4.69, 9.17) is 14.6 Å². The molecule has 0 heterocycles. The molecular formula is C31H35NO5. The molecule has 0 aromatic heterocycles. The van der Waals surface area contributed by atoms with Crippen molar-refractivity contribution in [3.8, 4) is 11.5 Å². The van der Waals surface area contributed by atoms with Gasteiger partial charge in [-0.1, -0.05) is 56.3 Å². The molecule has 1 amide bonds. The first kappa shape index (κ1) is 27.5. The number of carboxylic acid groups (broad SMARTS) is 1. The van der Waals surface area contributed by atoms with Gasteiger partial charge < -0.3 is 19.9 Å². The Hall–Kier alpha value is -4.06. The Balaban J connectivity index is 1.47. The lowest BCUT2D eigenvalue weighted by atomic mass is 9.87. The number of rotatable bonds is 12. The van der Waals surface area contributed by atoms with E-state index in [0.29, 0.717) is 25.3 Å². The lowest BCUT2D eigenvalue weighted by molar-refractivity contribution is -0.131. The van der Waals surface area contributed by atoms with E-state index in [1.807, 2.05) is 70.2 Å². The van der Waals surface area contributed by atoms with E-state index < -0.39 is 11.4 Å². The second kappa shape index (κ2) is 12.8. The average Bonchev–Trinajstić information content (AvgIpc) is 2.87. The van der Waals surface area contributed by atoms with Gasteiger partial charge in [0.25, 0.3) is 0 Å². The highest BCUT2D eigenvalue weighted by molar-refractivity contribution is 5.95. The van der Waals surface area contributed by atoms with E-state index in [1.165, 1.54) is 6.08 Å². The van der Waals surface area contributed by atoms with E-state index in [-0.39, 0.29) is 5.91 Å². The number of aliphatic carboxylic acids is 1. The van der Waals surface area contributed by atoms with Crippen LogP contribution in [-0.2, 0) is 16.2 Å². The van der Waals surface area contributed by atoms with Crippen LogP contribution in [0.5, 0.6) is 11.5 Å². The van der Waals surface area contributed by atoms with Gasteiger partial charge in [-0.15, -0.1) is 0 Å². The van der Waals surface area contributed by atoms with E-state index in [9.17, 15) is 9.59 Å². The molecule has 6 heteroatoms. The third-order valence-corrected chi connectivity index (χ3v) is 6.11. The Morgan fingerprint density at radius 3 is 2.16 bits per heavy atom. The number of carboxylic acids is 1. The summed E-state index contributed by atoms with van der Waals surface area (Å²) in [6, 6.07) is 21.1. The second-order valence-corrected chi connectivity index (χ2v) is 9.74. The van der Waals surface area contributed by atoms with Crippen molar-refractivity contribution in [1.29, 1.82) is 0 Å². The maximum Gasteiger partial charge on any atom is 0.328 e. The van der Waals surface area contributed by atoms with Crippen molar-refractivity contribution in [2.24, 2.45) is 5.41 Å². The molecule has 0 aliphatic rings. The van der Waals surface area contributed by atoms with E-state index in [1.54, 1.807) is 24.3 Å². The van der Waals surface area contributed by atoms with Crippen molar-refractivity contribution in [2.45, 2.75) is 47.1 Å². The third kappa shape index (κ3) is 8.53. The molecule has 0 aliphatic carbocycles. The Morgan fingerprint density at radius 1 is 0.919 bits per heavy atom. The number of hydrogen-bond acceptors (Lipinski definition) is 4. The SMILES string of the molecule is Cc1cc(OCc2ccccc2)c(C)cc1OCCCC(C)(C)C(=O)Nc1ccc(/C=C/C(=O)O)cc1. The molecule has 0 radical (unpaired) electrons. The van der Waals surface area contributed by atoms with Crippen molar-refractivity contribution in [3.05, 3.63) is 95.1 Å². The van der Waals surface area contributed by atoms with Crippen LogP contribution in [0.25, 0.3) is 6.08 Å². The first-order valence-electron chi connectivity index (χ1n) is 12.4. The summed E-state index contributed by atoms with van der Waals surface area (Å²) in [5.74, 6) is 0.591. The van der Waals surface area contributed by atoms with Crippen LogP contribution in [0.15, 0.2) is 72.8 Å². The Labute approximate surface area is 218 Å². The summed E-state index contributed by atoms with van der Waals surface area (Å²) in [5, 5.41) is 11.7. The monoisotopic (exact) mass is 501 g/mol. The molecule has 0 atom stereocenters. The molecule has 0 saturated heterocycles. The summed E-state index contributed by atoms with van der Waals surface area (Å²) in [5.41, 5.74) is 3.98. The van der Waals surface area contributed by atoms with E-state index >= 15 is 0 Å². The second-order valence-electron chi connectivity index (χ2n) is 9.74. The maximum atomic E-state index is 12.8. The Morgan fingerprint density at radius 2 is 1.54 bits per heavy atom. The van der Waals surface area contributed by atoms with Crippen LogP contribution in [0.4, 0.5) is 5.69 Å². The topological polar surface area (TPSA) is 84.9 Å². The summed E-state index contributed by atoms with van der Waals surface area (Å²) in [6.45, 7) is 8.87. The number of amides is 1. The van der Waals surface area contributed by atoms with E-state index in [2.05, 4.69) is 5.32 Å². The van der Waals surface area contributed by atoms with Crippen molar-refractivity contribution >= 4 is 23.6 Å². The van der Waals surface area contributed by atoms with Gasteiger partial charge in [0.05, 0.1) is 6.61 Å². The van der Waals surface area contributed by atoms with E-state index in [0.717, 1.165) is 46.2 Å². The maximum absolute atomic E-state index is 12.8. The number of carbonyl (C=O) groups excluding carboxylic acids is 1. The largest absolute Gasteiger partial charge is 0.493 e. The highest BCUT2D eigenvalue weighted by atomic mass is 16.5. The smallest absolute Gasteiger partial charge is 0.328 e. The van der Waals surface area contributed by atoms with Crippen LogP contribution < -0.4 is 14.8 Å². The fraction of sp³-hybridized carbons (Fsp3) is 0.290. The third-order valence-electron chi connectivity index (χ3n) is 6.11. The molecule has 0 bridgehead atoms. The van der Waals surface area contributed by atoms with Crippen LogP contribution in [0.1, 0.15) is 48.9 Å². The van der Waals surface area contributed by atoms with Gasteiger partial charge in [0.15, 0.2) is 0 Å². The van der Waals surface area contributed by atoms with Gasteiger partial charge in [-0.05, 0) is 79.3 Å². The number of hydrogen-bond donors (Lipinski definition) is 2. The summed E-state index contributed by atoms with van der Waals surface area (Å²) in [6.07, 6.45) is 3.97. The molecule has 194 valence electrons. The lowest BCUT2D eigenvalue weighted by Crippen LogP contribution is -2.31. The zero-order valence-corrected chi connectivity index (χ0v) is 21.9.